The molecule has 1 heterocycles. The van der Waals surface area contributed by atoms with Crippen molar-refractivity contribution < 1.29 is 8.78 Å². The van der Waals surface area contributed by atoms with Gasteiger partial charge in [-0.05, 0) is 24.6 Å². The second-order valence-electron chi connectivity index (χ2n) is 3.48. The molecule has 0 aliphatic carbocycles. The van der Waals surface area contributed by atoms with E-state index in [0.29, 0.717) is 0 Å². The van der Waals surface area contributed by atoms with E-state index >= 15 is 0 Å². The van der Waals surface area contributed by atoms with Crippen molar-refractivity contribution in [3.8, 4) is 17.5 Å². The minimum Gasteiger partial charge on any atom is -0.236 e. The van der Waals surface area contributed by atoms with Gasteiger partial charge in [-0.15, -0.1) is 0 Å². The highest BCUT2D eigenvalue weighted by atomic mass is 19.1. The van der Waals surface area contributed by atoms with Crippen molar-refractivity contribution >= 4 is 0 Å². The van der Waals surface area contributed by atoms with Gasteiger partial charge in [-0.2, -0.15) is 5.26 Å². The SMILES string of the molecule is Cc1cnc(-c2ccc(F)c(C#N)c2F)nc1. The van der Waals surface area contributed by atoms with E-state index < -0.39 is 17.2 Å². The number of nitrogens with zero attached hydrogens (tertiary/aromatic N) is 3. The molecule has 0 aliphatic rings. The van der Waals surface area contributed by atoms with E-state index in [2.05, 4.69) is 9.97 Å². The summed E-state index contributed by atoms with van der Waals surface area (Å²) in [6.45, 7) is 1.80. The molecular formula is C12H7F2N3. The van der Waals surface area contributed by atoms with E-state index in [0.717, 1.165) is 11.6 Å². The number of hydrogen-bond donors (Lipinski definition) is 0. The standard InChI is InChI=1S/C12H7F2N3/c1-7-5-16-12(17-6-7)8-2-3-10(13)9(4-15)11(8)14/h2-3,5-6H,1H3. The zero-order valence-electron chi connectivity index (χ0n) is 8.91. The molecule has 0 spiro atoms. The van der Waals surface area contributed by atoms with Crippen molar-refractivity contribution in [3.63, 3.8) is 0 Å². The summed E-state index contributed by atoms with van der Waals surface area (Å²) in [4.78, 5) is 7.86. The highest BCUT2D eigenvalue weighted by Gasteiger charge is 2.15. The largest absolute Gasteiger partial charge is 0.236 e. The lowest BCUT2D eigenvalue weighted by Crippen LogP contribution is -1.97. The molecular weight excluding hydrogens is 224 g/mol. The first-order valence-corrected chi connectivity index (χ1v) is 4.80. The molecule has 0 fully saturated rings. The average molecular weight is 231 g/mol. The van der Waals surface area contributed by atoms with Gasteiger partial charge in [-0.1, -0.05) is 0 Å². The predicted molar refractivity (Wildman–Crippen MR) is 56.8 cm³/mol. The van der Waals surface area contributed by atoms with Crippen molar-refractivity contribution in [2.24, 2.45) is 0 Å². The number of halogens is 2. The first-order valence-electron chi connectivity index (χ1n) is 4.80. The van der Waals surface area contributed by atoms with Crippen molar-refractivity contribution in [1.82, 2.24) is 9.97 Å². The molecule has 2 rings (SSSR count). The van der Waals surface area contributed by atoms with Crippen molar-refractivity contribution in [2.75, 3.05) is 0 Å². The molecule has 84 valence electrons. The Labute approximate surface area is 96.4 Å². The van der Waals surface area contributed by atoms with Crippen LogP contribution in [0.2, 0.25) is 0 Å². The summed E-state index contributed by atoms with van der Waals surface area (Å²) in [6, 6.07) is 3.73. The first-order chi connectivity index (χ1) is 8.13. The third-order valence-electron chi connectivity index (χ3n) is 2.22. The third kappa shape index (κ3) is 1.97. The van der Waals surface area contributed by atoms with Crippen LogP contribution in [0.5, 0.6) is 0 Å². The molecule has 3 nitrogen and oxygen atoms in total. The van der Waals surface area contributed by atoms with Gasteiger partial charge in [0.25, 0.3) is 0 Å². The number of aromatic nitrogens is 2. The molecule has 0 saturated carbocycles. The molecule has 0 unspecified atom stereocenters. The minimum atomic E-state index is -0.934. The van der Waals surface area contributed by atoms with E-state index in [1.165, 1.54) is 24.5 Å². The summed E-state index contributed by atoms with van der Waals surface area (Å²) < 4.78 is 26.9. The average Bonchev–Trinajstić information content (AvgIpc) is 2.31. The summed E-state index contributed by atoms with van der Waals surface area (Å²) in [7, 11) is 0. The van der Waals surface area contributed by atoms with Crippen molar-refractivity contribution in [1.29, 1.82) is 5.26 Å². The molecule has 1 aromatic carbocycles. The quantitative estimate of drug-likeness (QED) is 0.757. The van der Waals surface area contributed by atoms with Gasteiger partial charge < -0.3 is 0 Å². The number of rotatable bonds is 1. The summed E-state index contributed by atoms with van der Waals surface area (Å²) in [5, 5.41) is 8.64. The van der Waals surface area contributed by atoms with Crippen LogP contribution in [-0.2, 0) is 0 Å². The fourth-order valence-corrected chi connectivity index (χ4v) is 1.36. The van der Waals surface area contributed by atoms with Gasteiger partial charge in [-0.25, -0.2) is 18.7 Å². The Hall–Kier alpha value is -2.35. The zero-order valence-corrected chi connectivity index (χ0v) is 8.91. The topological polar surface area (TPSA) is 49.6 Å². The van der Waals surface area contributed by atoms with E-state index in [-0.39, 0.29) is 11.4 Å². The number of nitriles is 1. The van der Waals surface area contributed by atoms with Gasteiger partial charge in [0.1, 0.15) is 17.4 Å². The highest BCUT2D eigenvalue weighted by Crippen LogP contribution is 2.23. The second-order valence-corrected chi connectivity index (χ2v) is 3.48. The fourth-order valence-electron chi connectivity index (χ4n) is 1.36. The summed E-state index contributed by atoms with van der Waals surface area (Å²) >= 11 is 0. The molecule has 0 radical (unpaired) electrons. The summed E-state index contributed by atoms with van der Waals surface area (Å²) in [5.41, 5.74) is 0.228. The van der Waals surface area contributed by atoms with Crippen molar-refractivity contribution in [3.05, 3.63) is 47.3 Å². The molecule has 0 N–H and O–H groups in total. The van der Waals surface area contributed by atoms with E-state index in [9.17, 15) is 8.78 Å². The Balaban J connectivity index is 2.61. The lowest BCUT2D eigenvalue weighted by Gasteiger charge is -2.03. The maximum Gasteiger partial charge on any atom is 0.162 e. The van der Waals surface area contributed by atoms with Crippen molar-refractivity contribution in [2.45, 2.75) is 6.92 Å². The Kier molecular flexibility index (Phi) is 2.79. The molecule has 1 aromatic heterocycles. The van der Waals surface area contributed by atoms with E-state index in [1.807, 2.05) is 0 Å². The first kappa shape index (κ1) is 11.1. The normalized spacial score (nSPS) is 10.0. The van der Waals surface area contributed by atoms with E-state index in [1.54, 1.807) is 6.92 Å². The maximum atomic E-state index is 13.8. The van der Waals surface area contributed by atoms with Crippen LogP contribution in [0.25, 0.3) is 11.4 Å². The molecule has 5 heteroatoms. The second kappa shape index (κ2) is 4.26. The lowest BCUT2D eigenvalue weighted by atomic mass is 10.1. The lowest BCUT2D eigenvalue weighted by molar-refractivity contribution is 0.578. The van der Waals surface area contributed by atoms with Gasteiger partial charge in [0.15, 0.2) is 11.6 Å². The van der Waals surface area contributed by atoms with Crippen LogP contribution in [0.15, 0.2) is 24.5 Å². The van der Waals surface area contributed by atoms with Crippen LogP contribution < -0.4 is 0 Å². The van der Waals surface area contributed by atoms with Crippen LogP contribution in [0, 0.1) is 29.9 Å². The van der Waals surface area contributed by atoms with Gasteiger partial charge >= 0.3 is 0 Å². The maximum absolute atomic E-state index is 13.8. The predicted octanol–water partition coefficient (Wildman–Crippen LogP) is 2.60. The minimum absolute atomic E-state index is 0.0166. The van der Waals surface area contributed by atoms with E-state index in [4.69, 9.17) is 5.26 Å². The van der Waals surface area contributed by atoms with Crippen LogP contribution in [0.3, 0.4) is 0 Å². The van der Waals surface area contributed by atoms with Crippen LogP contribution in [0.1, 0.15) is 11.1 Å². The van der Waals surface area contributed by atoms with Gasteiger partial charge in [0.05, 0.1) is 5.56 Å². The number of benzene rings is 1. The zero-order chi connectivity index (χ0) is 12.4. The molecule has 0 saturated heterocycles. The van der Waals surface area contributed by atoms with Crippen LogP contribution >= 0.6 is 0 Å². The van der Waals surface area contributed by atoms with Gasteiger partial charge in [0, 0.05) is 12.4 Å². The molecule has 0 amide bonds. The third-order valence-corrected chi connectivity index (χ3v) is 2.22. The monoisotopic (exact) mass is 231 g/mol. The summed E-state index contributed by atoms with van der Waals surface area (Å²) in [6.07, 6.45) is 3.05. The molecule has 0 atom stereocenters. The smallest absolute Gasteiger partial charge is 0.162 e. The van der Waals surface area contributed by atoms with Gasteiger partial charge in [0.2, 0.25) is 0 Å². The molecule has 2 aromatic rings. The Morgan fingerprint density at radius 1 is 1.18 bits per heavy atom. The fraction of sp³-hybridized carbons (Fsp3) is 0.0833. The number of aryl methyl sites for hydroxylation is 1. The molecule has 17 heavy (non-hydrogen) atoms. The molecule has 0 aliphatic heterocycles. The molecule has 0 bridgehead atoms. The van der Waals surface area contributed by atoms with Crippen LogP contribution in [-0.4, -0.2) is 9.97 Å². The van der Waals surface area contributed by atoms with Crippen LogP contribution in [0.4, 0.5) is 8.78 Å². The highest BCUT2D eigenvalue weighted by molar-refractivity contribution is 5.59. The van der Waals surface area contributed by atoms with Gasteiger partial charge in [-0.3, -0.25) is 0 Å². The Bertz CT molecular complexity index is 600. The summed E-state index contributed by atoms with van der Waals surface area (Å²) in [5.74, 6) is -1.69. The number of hydrogen-bond acceptors (Lipinski definition) is 3. The Morgan fingerprint density at radius 3 is 2.41 bits per heavy atom. The Morgan fingerprint density at radius 2 is 1.82 bits per heavy atom.